The van der Waals surface area contributed by atoms with Crippen molar-refractivity contribution in [2.45, 2.75) is 6.92 Å². The maximum absolute atomic E-state index is 10.6. The molecule has 0 aromatic rings. The third-order valence-corrected chi connectivity index (χ3v) is 2.16. The van der Waals surface area contributed by atoms with Gasteiger partial charge in [0.15, 0.2) is 0 Å². The highest BCUT2D eigenvalue weighted by Crippen LogP contribution is 1.95. The molecule has 0 atom stereocenters. The van der Waals surface area contributed by atoms with Gasteiger partial charge in [0.05, 0.1) is 20.6 Å². The van der Waals surface area contributed by atoms with Crippen molar-refractivity contribution in [2.75, 3.05) is 33.8 Å². The molecule has 0 saturated heterocycles. The van der Waals surface area contributed by atoms with Crippen molar-refractivity contribution < 1.29 is 31.2 Å². The van der Waals surface area contributed by atoms with Gasteiger partial charge in [-0.05, 0) is 13.0 Å². The summed E-state index contributed by atoms with van der Waals surface area (Å²) in [5.74, 6) is -0.823. The van der Waals surface area contributed by atoms with Crippen LogP contribution in [0.3, 0.4) is 0 Å². The van der Waals surface area contributed by atoms with Crippen molar-refractivity contribution >= 4 is 11.9 Å². The monoisotopic (exact) mass is 278 g/mol. The Morgan fingerprint density at radius 3 is 2.00 bits per heavy atom. The Labute approximate surface area is 115 Å². The Kier molecular flexibility index (Phi) is 14.8. The predicted molar refractivity (Wildman–Crippen MR) is 68.1 cm³/mol. The van der Waals surface area contributed by atoms with Crippen molar-refractivity contribution in [1.29, 1.82) is 0 Å². The highest BCUT2D eigenvalue weighted by molar-refractivity contribution is 5.85. The van der Waals surface area contributed by atoms with Crippen LogP contribution in [-0.4, -0.2) is 50.2 Å². The number of esters is 1. The first kappa shape index (κ1) is 21.9. The number of nitrogens with two attached hydrogens (primary N) is 1. The molecule has 0 aliphatic heterocycles. The van der Waals surface area contributed by atoms with Crippen molar-refractivity contribution in [3.05, 3.63) is 25.3 Å². The standard InChI is InChI=1S/C9H18NO2.C3H5NO.ClH/c1-5-9(11)12-8-7-10(3,4)6-2;1-2-3(4)5;/h5H,1,6-8H2,2-4H3;2H,1H2,(H2,4,5);1H/q+1;;/p-1. The molecule has 0 heterocycles. The number of hydrogen-bond donors (Lipinski definition) is 1. The van der Waals surface area contributed by atoms with Crippen LogP contribution >= 0.6 is 0 Å². The zero-order valence-corrected chi connectivity index (χ0v) is 12.1. The maximum atomic E-state index is 10.6. The third kappa shape index (κ3) is 17.1. The SMILES string of the molecule is C=CC(=O)OCC[N+](C)(C)CC.C=CC(N)=O.[Cl-]. The quantitative estimate of drug-likeness (QED) is 0.331. The molecular formula is C12H23ClN2O3. The lowest BCUT2D eigenvalue weighted by molar-refractivity contribution is -0.888. The number of halogens is 1. The van der Waals surface area contributed by atoms with E-state index in [1.165, 1.54) is 6.08 Å². The van der Waals surface area contributed by atoms with Crippen molar-refractivity contribution in [1.82, 2.24) is 0 Å². The summed E-state index contributed by atoms with van der Waals surface area (Å²) < 4.78 is 5.72. The molecule has 2 N–H and O–H groups in total. The number of primary amides is 1. The van der Waals surface area contributed by atoms with Gasteiger partial charge in [-0.1, -0.05) is 13.2 Å². The Bertz CT molecular complexity index is 278. The van der Waals surface area contributed by atoms with Crippen molar-refractivity contribution in [2.24, 2.45) is 5.73 Å². The first-order chi connectivity index (χ1) is 7.79. The molecule has 0 radical (unpaired) electrons. The van der Waals surface area contributed by atoms with Gasteiger partial charge in [0, 0.05) is 6.08 Å². The average Bonchev–Trinajstić information content (AvgIpc) is 2.29. The first-order valence-corrected chi connectivity index (χ1v) is 5.32. The number of quaternary nitrogens is 1. The maximum Gasteiger partial charge on any atom is 0.330 e. The normalized spacial score (nSPS) is 9.06. The van der Waals surface area contributed by atoms with E-state index in [2.05, 4.69) is 39.9 Å². The largest absolute Gasteiger partial charge is 1.00 e. The minimum atomic E-state index is -0.481. The second-order valence-corrected chi connectivity index (χ2v) is 3.95. The molecule has 106 valence electrons. The number of carbonyl (C=O) groups is 2. The molecule has 6 heteroatoms. The van der Waals surface area contributed by atoms with Gasteiger partial charge in [-0.3, -0.25) is 4.79 Å². The van der Waals surface area contributed by atoms with Gasteiger partial charge in [0.25, 0.3) is 0 Å². The van der Waals surface area contributed by atoms with E-state index >= 15 is 0 Å². The predicted octanol–water partition coefficient (Wildman–Crippen LogP) is -2.53. The van der Waals surface area contributed by atoms with E-state index in [1.807, 2.05) is 0 Å². The van der Waals surface area contributed by atoms with E-state index in [1.54, 1.807) is 0 Å². The lowest BCUT2D eigenvalue weighted by Gasteiger charge is -2.27. The number of likely N-dealkylation sites (N-methyl/N-ethyl adjacent to an activating group) is 1. The number of ether oxygens (including phenoxy) is 1. The lowest BCUT2D eigenvalue weighted by atomic mass is 10.4. The molecule has 1 amide bonds. The fraction of sp³-hybridized carbons (Fsp3) is 0.500. The van der Waals surface area contributed by atoms with E-state index in [9.17, 15) is 9.59 Å². The van der Waals surface area contributed by atoms with Gasteiger partial charge in [-0.15, -0.1) is 0 Å². The van der Waals surface area contributed by atoms with Crippen LogP contribution in [0.4, 0.5) is 0 Å². The molecule has 0 aromatic heterocycles. The molecule has 0 bridgehead atoms. The number of carbonyl (C=O) groups excluding carboxylic acids is 2. The zero-order valence-electron chi connectivity index (χ0n) is 11.3. The minimum Gasteiger partial charge on any atom is -1.00 e. The van der Waals surface area contributed by atoms with Gasteiger partial charge in [-0.25, -0.2) is 4.79 Å². The van der Waals surface area contributed by atoms with E-state index in [0.717, 1.165) is 23.6 Å². The van der Waals surface area contributed by atoms with E-state index in [0.29, 0.717) is 6.61 Å². The van der Waals surface area contributed by atoms with E-state index in [-0.39, 0.29) is 18.4 Å². The van der Waals surface area contributed by atoms with Crippen LogP contribution in [0.25, 0.3) is 0 Å². The van der Waals surface area contributed by atoms with Crippen LogP contribution in [0, 0.1) is 0 Å². The lowest BCUT2D eigenvalue weighted by Crippen LogP contribution is -3.00. The summed E-state index contributed by atoms with van der Waals surface area (Å²) in [6.07, 6.45) is 2.24. The topological polar surface area (TPSA) is 69.4 Å². The van der Waals surface area contributed by atoms with Crippen LogP contribution < -0.4 is 18.1 Å². The second kappa shape index (κ2) is 12.1. The zero-order chi connectivity index (χ0) is 13.9. The molecule has 0 aromatic carbocycles. The summed E-state index contributed by atoms with van der Waals surface area (Å²) in [7, 11) is 4.20. The molecule has 0 rings (SSSR count). The number of amides is 1. The highest BCUT2D eigenvalue weighted by Gasteiger charge is 2.11. The van der Waals surface area contributed by atoms with Gasteiger partial charge in [0.1, 0.15) is 13.2 Å². The molecule has 5 nitrogen and oxygen atoms in total. The molecule has 0 spiro atoms. The van der Waals surface area contributed by atoms with E-state index in [4.69, 9.17) is 4.74 Å². The van der Waals surface area contributed by atoms with Gasteiger partial charge in [0.2, 0.25) is 5.91 Å². The first-order valence-electron chi connectivity index (χ1n) is 5.32. The summed E-state index contributed by atoms with van der Waals surface area (Å²) in [5, 5.41) is 0. The average molecular weight is 279 g/mol. The van der Waals surface area contributed by atoms with Crippen LogP contribution in [0.5, 0.6) is 0 Å². The summed E-state index contributed by atoms with van der Waals surface area (Å²) in [5.41, 5.74) is 4.53. The van der Waals surface area contributed by atoms with Gasteiger partial charge < -0.3 is 27.4 Å². The van der Waals surface area contributed by atoms with Crippen molar-refractivity contribution in [3.8, 4) is 0 Å². The summed E-state index contributed by atoms with van der Waals surface area (Å²) in [6.45, 7) is 10.8. The molecule has 18 heavy (non-hydrogen) atoms. The fourth-order valence-electron chi connectivity index (χ4n) is 0.610. The molecule has 0 aliphatic rings. The molecular weight excluding hydrogens is 256 g/mol. The van der Waals surface area contributed by atoms with Crippen LogP contribution in [0.15, 0.2) is 25.3 Å². The fourth-order valence-corrected chi connectivity index (χ4v) is 0.610. The van der Waals surface area contributed by atoms with Crippen LogP contribution in [0.2, 0.25) is 0 Å². The van der Waals surface area contributed by atoms with Gasteiger partial charge >= 0.3 is 5.97 Å². The molecule has 0 unspecified atom stereocenters. The summed E-state index contributed by atoms with van der Waals surface area (Å²) in [4.78, 5) is 20.1. The van der Waals surface area contributed by atoms with E-state index < -0.39 is 5.91 Å². The number of rotatable bonds is 6. The minimum absolute atomic E-state index is 0. The third-order valence-electron chi connectivity index (χ3n) is 2.16. The van der Waals surface area contributed by atoms with Gasteiger partial charge in [-0.2, -0.15) is 0 Å². The Hall–Kier alpha value is -1.33. The Morgan fingerprint density at radius 1 is 1.28 bits per heavy atom. The highest BCUT2D eigenvalue weighted by atomic mass is 35.5. The van der Waals surface area contributed by atoms with Crippen molar-refractivity contribution in [3.63, 3.8) is 0 Å². The summed E-state index contributed by atoms with van der Waals surface area (Å²) >= 11 is 0. The molecule has 0 aliphatic carbocycles. The smallest absolute Gasteiger partial charge is 0.330 e. The Balaban J connectivity index is -0.000000321. The van der Waals surface area contributed by atoms with Crippen LogP contribution in [0.1, 0.15) is 6.92 Å². The number of hydrogen-bond acceptors (Lipinski definition) is 3. The Morgan fingerprint density at radius 2 is 1.72 bits per heavy atom. The number of nitrogens with zero attached hydrogens (tertiary/aromatic N) is 1. The molecule has 0 saturated carbocycles. The second-order valence-electron chi connectivity index (χ2n) is 3.95. The summed E-state index contributed by atoms with van der Waals surface area (Å²) in [6, 6.07) is 0. The van der Waals surface area contributed by atoms with Crippen LogP contribution in [-0.2, 0) is 14.3 Å². The molecule has 0 fully saturated rings.